The molecule has 1 fully saturated rings. The number of anilines is 1. The van der Waals surface area contributed by atoms with Crippen LogP contribution in [-0.4, -0.2) is 46.9 Å². The molecule has 1 saturated heterocycles. The largest absolute Gasteiger partial charge is 0.347 e. The average molecular weight is 302 g/mol. The fraction of sp³-hybridized carbons (Fsp3) is 0.467. The van der Waals surface area contributed by atoms with Crippen molar-refractivity contribution in [1.82, 2.24) is 9.88 Å². The predicted octanol–water partition coefficient (Wildman–Crippen LogP) is 1.44. The molecule has 116 valence electrons. The molecule has 0 N–H and O–H groups in total. The van der Waals surface area contributed by atoms with Crippen LogP contribution < -0.4 is 4.90 Å². The summed E-state index contributed by atoms with van der Waals surface area (Å²) in [7, 11) is 0. The summed E-state index contributed by atoms with van der Waals surface area (Å²) in [6.45, 7) is 4.02. The quantitative estimate of drug-likeness (QED) is 0.479. The molecule has 0 radical (unpaired) electrons. The Hall–Kier alpha value is -2.62. The van der Waals surface area contributed by atoms with Gasteiger partial charge in [-0.2, -0.15) is 0 Å². The highest BCUT2D eigenvalue weighted by atomic mass is 16.6. The molecule has 22 heavy (non-hydrogen) atoms. The van der Waals surface area contributed by atoms with Crippen LogP contribution in [0.5, 0.6) is 0 Å². The molecule has 7 heteroatoms. The van der Waals surface area contributed by atoms with Crippen molar-refractivity contribution in [3.63, 3.8) is 0 Å². The summed E-state index contributed by atoms with van der Waals surface area (Å²) < 4.78 is 0. The number of hydrogen-bond acceptors (Lipinski definition) is 5. The molecule has 1 amide bonds. The molecule has 2 rings (SSSR count). The Labute approximate surface area is 129 Å². The molecular formula is C15H18N4O3. The van der Waals surface area contributed by atoms with Gasteiger partial charge < -0.3 is 9.80 Å². The van der Waals surface area contributed by atoms with E-state index in [4.69, 9.17) is 0 Å². The second-order valence-corrected chi connectivity index (χ2v) is 4.93. The first kappa shape index (κ1) is 15.8. The van der Waals surface area contributed by atoms with Crippen molar-refractivity contribution >= 4 is 17.4 Å². The Morgan fingerprint density at radius 1 is 1.41 bits per heavy atom. The van der Waals surface area contributed by atoms with E-state index in [0.29, 0.717) is 38.4 Å². The normalized spacial score (nSPS) is 14.2. The number of nitro groups is 1. The third-order valence-corrected chi connectivity index (χ3v) is 3.40. The maximum Gasteiger partial charge on any atom is 0.311 e. The Bertz CT molecular complexity index is 613. The van der Waals surface area contributed by atoms with Gasteiger partial charge in [-0.05, 0) is 18.4 Å². The number of piperazine rings is 1. The van der Waals surface area contributed by atoms with E-state index in [1.54, 1.807) is 11.0 Å². The number of unbranched alkanes of at least 4 members (excludes halogenated alkanes) is 1. The lowest BCUT2D eigenvalue weighted by atomic mass is 10.2. The zero-order valence-electron chi connectivity index (χ0n) is 12.5. The van der Waals surface area contributed by atoms with Crippen molar-refractivity contribution in [2.75, 3.05) is 31.1 Å². The number of amides is 1. The van der Waals surface area contributed by atoms with Crippen LogP contribution in [0, 0.1) is 22.0 Å². The summed E-state index contributed by atoms with van der Waals surface area (Å²) in [5.74, 6) is 5.66. The standard InChI is InChI=1S/C15H18N4O3/c1-2-3-4-7-14(20)17-9-11-18(12-10-17)15-13(19(21)22)6-5-8-16-15/h5-6,8H,2-3,9-12H2,1H3. The molecule has 7 nitrogen and oxygen atoms in total. The van der Waals surface area contributed by atoms with E-state index in [2.05, 4.69) is 16.8 Å². The van der Waals surface area contributed by atoms with Crippen molar-refractivity contribution in [2.24, 2.45) is 0 Å². The highest BCUT2D eigenvalue weighted by Crippen LogP contribution is 2.25. The van der Waals surface area contributed by atoms with Gasteiger partial charge in [0.05, 0.1) is 4.92 Å². The van der Waals surface area contributed by atoms with Crippen LogP contribution in [0.4, 0.5) is 11.5 Å². The number of hydrogen-bond donors (Lipinski definition) is 0. The van der Waals surface area contributed by atoms with Crippen LogP contribution in [0.15, 0.2) is 18.3 Å². The minimum Gasteiger partial charge on any atom is -0.347 e. The lowest BCUT2D eigenvalue weighted by Crippen LogP contribution is -2.48. The molecule has 0 aromatic carbocycles. The molecule has 0 aliphatic carbocycles. The molecule has 1 aromatic rings. The number of carbonyl (C=O) groups is 1. The number of aromatic nitrogens is 1. The molecule has 0 bridgehead atoms. The van der Waals surface area contributed by atoms with E-state index < -0.39 is 4.92 Å². The van der Waals surface area contributed by atoms with E-state index in [1.807, 2.05) is 11.8 Å². The molecule has 0 spiro atoms. The maximum absolute atomic E-state index is 11.9. The molecule has 0 saturated carbocycles. The number of nitrogens with zero attached hydrogens (tertiary/aromatic N) is 4. The monoisotopic (exact) mass is 302 g/mol. The van der Waals surface area contributed by atoms with Gasteiger partial charge in [0.2, 0.25) is 5.82 Å². The zero-order chi connectivity index (χ0) is 15.9. The molecule has 1 aliphatic rings. The summed E-state index contributed by atoms with van der Waals surface area (Å²) in [4.78, 5) is 30.1. The lowest BCUT2D eigenvalue weighted by Gasteiger charge is -2.34. The van der Waals surface area contributed by atoms with Crippen molar-refractivity contribution < 1.29 is 9.72 Å². The number of pyridine rings is 1. The van der Waals surface area contributed by atoms with Gasteiger partial charge in [0.1, 0.15) is 0 Å². The SMILES string of the molecule is CCCC#CC(=O)N1CCN(c2ncccc2[N+](=O)[O-])CC1. The second kappa shape index (κ2) is 7.41. The maximum atomic E-state index is 11.9. The Kier molecular flexibility index (Phi) is 5.31. The van der Waals surface area contributed by atoms with Crippen LogP contribution in [0.1, 0.15) is 19.8 Å². The summed E-state index contributed by atoms with van der Waals surface area (Å²) in [5, 5.41) is 11.0. The van der Waals surface area contributed by atoms with Crippen molar-refractivity contribution in [2.45, 2.75) is 19.8 Å². The van der Waals surface area contributed by atoms with Crippen molar-refractivity contribution in [3.8, 4) is 11.8 Å². The van der Waals surface area contributed by atoms with Gasteiger partial charge in [-0.3, -0.25) is 14.9 Å². The lowest BCUT2D eigenvalue weighted by molar-refractivity contribution is -0.384. The second-order valence-electron chi connectivity index (χ2n) is 4.93. The van der Waals surface area contributed by atoms with Crippen LogP contribution >= 0.6 is 0 Å². The average Bonchev–Trinajstić information content (AvgIpc) is 2.55. The van der Waals surface area contributed by atoms with Gasteiger partial charge in [0.15, 0.2) is 0 Å². The fourth-order valence-corrected chi connectivity index (χ4v) is 2.24. The first-order valence-corrected chi connectivity index (χ1v) is 7.25. The first-order valence-electron chi connectivity index (χ1n) is 7.25. The third-order valence-electron chi connectivity index (χ3n) is 3.40. The van der Waals surface area contributed by atoms with Gasteiger partial charge in [0.25, 0.3) is 5.91 Å². The van der Waals surface area contributed by atoms with Crippen molar-refractivity contribution in [1.29, 1.82) is 0 Å². The van der Waals surface area contributed by atoms with Crippen LogP contribution in [0.2, 0.25) is 0 Å². The van der Waals surface area contributed by atoms with Gasteiger partial charge in [-0.1, -0.05) is 12.8 Å². The van der Waals surface area contributed by atoms with E-state index in [1.165, 1.54) is 12.3 Å². The molecule has 0 atom stereocenters. The number of rotatable bonds is 3. The molecule has 0 unspecified atom stereocenters. The van der Waals surface area contributed by atoms with E-state index in [-0.39, 0.29) is 11.6 Å². The van der Waals surface area contributed by atoms with E-state index in [9.17, 15) is 14.9 Å². The molecular weight excluding hydrogens is 284 g/mol. The highest BCUT2D eigenvalue weighted by molar-refractivity contribution is 5.93. The summed E-state index contributed by atoms with van der Waals surface area (Å²) in [6.07, 6.45) is 3.18. The van der Waals surface area contributed by atoms with Gasteiger partial charge in [-0.15, -0.1) is 0 Å². The molecule has 1 aromatic heterocycles. The minimum atomic E-state index is -0.434. The van der Waals surface area contributed by atoms with Crippen LogP contribution in [-0.2, 0) is 4.79 Å². The van der Waals surface area contributed by atoms with Gasteiger partial charge in [-0.25, -0.2) is 4.98 Å². The summed E-state index contributed by atoms with van der Waals surface area (Å²) >= 11 is 0. The Balaban J connectivity index is 2.00. The minimum absolute atomic E-state index is 0.00925. The van der Waals surface area contributed by atoms with E-state index >= 15 is 0 Å². The zero-order valence-corrected chi connectivity index (χ0v) is 12.5. The van der Waals surface area contributed by atoms with Crippen LogP contribution in [0.3, 0.4) is 0 Å². The van der Waals surface area contributed by atoms with Gasteiger partial charge >= 0.3 is 5.69 Å². The Morgan fingerprint density at radius 3 is 2.77 bits per heavy atom. The van der Waals surface area contributed by atoms with Crippen molar-refractivity contribution in [3.05, 3.63) is 28.4 Å². The summed E-state index contributed by atoms with van der Waals surface area (Å²) in [5.41, 5.74) is -0.00925. The smallest absolute Gasteiger partial charge is 0.311 e. The van der Waals surface area contributed by atoms with E-state index in [0.717, 1.165) is 6.42 Å². The highest BCUT2D eigenvalue weighted by Gasteiger charge is 2.25. The molecule has 2 heterocycles. The first-order chi connectivity index (χ1) is 10.6. The van der Waals surface area contributed by atoms with Crippen LogP contribution in [0.25, 0.3) is 0 Å². The fourth-order valence-electron chi connectivity index (χ4n) is 2.24. The molecule has 1 aliphatic heterocycles. The topological polar surface area (TPSA) is 79.6 Å². The Morgan fingerprint density at radius 2 is 2.14 bits per heavy atom. The van der Waals surface area contributed by atoms with Gasteiger partial charge in [0, 0.05) is 44.9 Å². The third kappa shape index (κ3) is 3.73. The summed E-state index contributed by atoms with van der Waals surface area (Å²) in [6, 6.07) is 2.99. The predicted molar refractivity (Wildman–Crippen MR) is 82.4 cm³/mol. The number of carbonyl (C=O) groups excluding carboxylic acids is 1.